The highest BCUT2D eigenvalue weighted by molar-refractivity contribution is 9.10. The fourth-order valence-electron chi connectivity index (χ4n) is 2.14. The Labute approximate surface area is 139 Å². The SMILES string of the molecule is COc1ccc(NCCc2cc(OC)c(OC)cc2Br)cc1. The minimum Gasteiger partial charge on any atom is -0.497 e. The van der Waals surface area contributed by atoms with Gasteiger partial charge in [-0.1, -0.05) is 15.9 Å². The third kappa shape index (κ3) is 4.07. The van der Waals surface area contributed by atoms with Gasteiger partial charge in [0.05, 0.1) is 21.3 Å². The average Bonchev–Trinajstić information content (AvgIpc) is 2.56. The first-order valence-corrected chi connectivity index (χ1v) is 7.75. The lowest BCUT2D eigenvalue weighted by Crippen LogP contribution is -2.05. The van der Waals surface area contributed by atoms with Crippen molar-refractivity contribution < 1.29 is 14.2 Å². The predicted octanol–water partition coefficient (Wildman–Crippen LogP) is 4.13. The van der Waals surface area contributed by atoms with Crippen LogP contribution >= 0.6 is 15.9 Å². The molecule has 0 aliphatic heterocycles. The Morgan fingerprint density at radius 2 is 1.55 bits per heavy atom. The van der Waals surface area contributed by atoms with Crippen molar-refractivity contribution in [1.29, 1.82) is 0 Å². The Hall–Kier alpha value is -1.88. The molecule has 0 bridgehead atoms. The molecule has 0 saturated heterocycles. The van der Waals surface area contributed by atoms with Crippen LogP contribution in [0.4, 0.5) is 5.69 Å². The zero-order valence-electron chi connectivity index (χ0n) is 13.0. The molecule has 22 heavy (non-hydrogen) atoms. The van der Waals surface area contributed by atoms with Gasteiger partial charge in [-0.25, -0.2) is 0 Å². The molecule has 4 nitrogen and oxygen atoms in total. The Kier molecular flexibility index (Phi) is 5.95. The number of halogens is 1. The molecular weight excluding hydrogens is 346 g/mol. The number of rotatable bonds is 7. The van der Waals surface area contributed by atoms with Crippen LogP contribution < -0.4 is 19.5 Å². The summed E-state index contributed by atoms with van der Waals surface area (Å²) in [4.78, 5) is 0. The number of benzene rings is 2. The van der Waals surface area contributed by atoms with Gasteiger partial charge in [0.15, 0.2) is 11.5 Å². The van der Waals surface area contributed by atoms with Crippen molar-refractivity contribution >= 4 is 21.6 Å². The molecule has 0 aliphatic carbocycles. The number of hydrogen-bond donors (Lipinski definition) is 1. The molecule has 0 fully saturated rings. The topological polar surface area (TPSA) is 39.7 Å². The average molecular weight is 366 g/mol. The maximum absolute atomic E-state index is 5.34. The van der Waals surface area contributed by atoms with E-state index >= 15 is 0 Å². The molecular formula is C17H20BrNO3. The fourth-order valence-corrected chi connectivity index (χ4v) is 2.66. The molecule has 5 heteroatoms. The number of anilines is 1. The largest absolute Gasteiger partial charge is 0.497 e. The Balaban J connectivity index is 1.98. The summed E-state index contributed by atoms with van der Waals surface area (Å²) in [7, 11) is 4.94. The van der Waals surface area contributed by atoms with Crippen LogP contribution in [-0.4, -0.2) is 27.9 Å². The van der Waals surface area contributed by atoms with E-state index in [1.165, 1.54) is 5.56 Å². The van der Waals surface area contributed by atoms with Gasteiger partial charge in [-0.2, -0.15) is 0 Å². The van der Waals surface area contributed by atoms with Crippen molar-refractivity contribution in [2.24, 2.45) is 0 Å². The van der Waals surface area contributed by atoms with Crippen LogP contribution in [0, 0.1) is 0 Å². The zero-order valence-corrected chi connectivity index (χ0v) is 14.6. The van der Waals surface area contributed by atoms with Gasteiger partial charge in [0.2, 0.25) is 0 Å². The fraction of sp³-hybridized carbons (Fsp3) is 0.294. The minimum atomic E-state index is 0.723. The zero-order chi connectivity index (χ0) is 15.9. The highest BCUT2D eigenvalue weighted by Crippen LogP contribution is 2.33. The second-order valence-corrected chi connectivity index (χ2v) is 5.56. The van der Waals surface area contributed by atoms with Crippen molar-refractivity contribution in [1.82, 2.24) is 0 Å². The smallest absolute Gasteiger partial charge is 0.161 e. The molecule has 0 saturated carbocycles. The highest BCUT2D eigenvalue weighted by atomic mass is 79.9. The van der Waals surface area contributed by atoms with Crippen molar-refractivity contribution in [2.75, 3.05) is 33.2 Å². The second kappa shape index (κ2) is 7.94. The van der Waals surface area contributed by atoms with Crippen LogP contribution in [0.3, 0.4) is 0 Å². The van der Waals surface area contributed by atoms with Crippen molar-refractivity contribution in [3.05, 3.63) is 46.4 Å². The molecule has 0 amide bonds. The summed E-state index contributed by atoms with van der Waals surface area (Å²) >= 11 is 3.58. The normalized spacial score (nSPS) is 10.2. The molecule has 1 N–H and O–H groups in total. The van der Waals surface area contributed by atoms with Crippen molar-refractivity contribution in [3.8, 4) is 17.2 Å². The molecule has 2 aromatic rings. The van der Waals surface area contributed by atoms with E-state index in [0.717, 1.165) is 40.4 Å². The number of ether oxygens (including phenoxy) is 3. The lowest BCUT2D eigenvalue weighted by molar-refractivity contribution is 0.354. The van der Waals surface area contributed by atoms with E-state index in [2.05, 4.69) is 21.2 Å². The van der Waals surface area contributed by atoms with Crippen LogP contribution in [0.15, 0.2) is 40.9 Å². The first-order valence-electron chi connectivity index (χ1n) is 6.96. The number of methoxy groups -OCH3 is 3. The van der Waals surface area contributed by atoms with E-state index in [9.17, 15) is 0 Å². The van der Waals surface area contributed by atoms with Crippen molar-refractivity contribution in [3.63, 3.8) is 0 Å². The van der Waals surface area contributed by atoms with Gasteiger partial charge in [0.25, 0.3) is 0 Å². The summed E-state index contributed by atoms with van der Waals surface area (Å²) in [5.74, 6) is 2.32. The van der Waals surface area contributed by atoms with Gasteiger partial charge in [-0.05, 0) is 48.4 Å². The molecule has 0 radical (unpaired) electrons. The predicted molar refractivity (Wildman–Crippen MR) is 92.4 cm³/mol. The van der Waals surface area contributed by atoms with Gasteiger partial charge in [0.1, 0.15) is 5.75 Å². The van der Waals surface area contributed by atoms with Gasteiger partial charge >= 0.3 is 0 Å². The Bertz CT molecular complexity index is 614. The first-order chi connectivity index (χ1) is 10.7. The second-order valence-electron chi connectivity index (χ2n) is 4.70. The molecule has 0 heterocycles. The summed E-state index contributed by atoms with van der Waals surface area (Å²) in [5.41, 5.74) is 2.23. The molecule has 2 aromatic carbocycles. The minimum absolute atomic E-state index is 0.723. The quantitative estimate of drug-likeness (QED) is 0.800. The molecule has 118 valence electrons. The molecule has 0 aliphatic rings. The monoisotopic (exact) mass is 365 g/mol. The molecule has 0 aromatic heterocycles. The molecule has 0 atom stereocenters. The molecule has 2 rings (SSSR count). The van der Waals surface area contributed by atoms with E-state index in [4.69, 9.17) is 14.2 Å². The maximum Gasteiger partial charge on any atom is 0.161 e. The Morgan fingerprint density at radius 3 is 2.14 bits per heavy atom. The van der Waals surface area contributed by atoms with Crippen LogP contribution in [0.25, 0.3) is 0 Å². The van der Waals surface area contributed by atoms with Gasteiger partial charge in [0, 0.05) is 16.7 Å². The van der Waals surface area contributed by atoms with Gasteiger partial charge < -0.3 is 19.5 Å². The Morgan fingerprint density at radius 1 is 0.909 bits per heavy atom. The van der Waals surface area contributed by atoms with E-state index in [1.807, 2.05) is 36.4 Å². The lowest BCUT2D eigenvalue weighted by atomic mass is 10.1. The van der Waals surface area contributed by atoms with E-state index in [1.54, 1.807) is 21.3 Å². The molecule has 0 spiro atoms. The standard InChI is InChI=1S/C17H20BrNO3/c1-20-14-6-4-13(5-7-14)19-9-8-12-10-16(21-2)17(22-3)11-15(12)18/h4-7,10-11,19H,8-9H2,1-3H3. The van der Waals surface area contributed by atoms with Crippen LogP contribution in [0.2, 0.25) is 0 Å². The summed E-state index contributed by atoms with van der Waals surface area (Å²) < 4.78 is 16.8. The summed E-state index contributed by atoms with van der Waals surface area (Å²) in [6.45, 7) is 0.820. The van der Waals surface area contributed by atoms with E-state index < -0.39 is 0 Å². The number of hydrogen-bond acceptors (Lipinski definition) is 4. The first kappa shape index (κ1) is 16.5. The third-order valence-corrected chi connectivity index (χ3v) is 4.10. The third-order valence-electron chi connectivity index (χ3n) is 3.37. The van der Waals surface area contributed by atoms with E-state index in [-0.39, 0.29) is 0 Å². The summed E-state index contributed by atoms with van der Waals surface area (Å²) in [6, 6.07) is 11.8. The number of nitrogens with one attached hydrogen (secondary N) is 1. The summed E-state index contributed by atoms with van der Waals surface area (Å²) in [5, 5.41) is 3.39. The maximum atomic E-state index is 5.34. The van der Waals surface area contributed by atoms with Crippen LogP contribution in [-0.2, 0) is 6.42 Å². The summed E-state index contributed by atoms with van der Waals surface area (Å²) in [6.07, 6.45) is 0.868. The molecule has 0 unspecified atom stereocenters. The van der Waals surface area contributed by atoms with Crippen molar-refractivity contribution in [2.45, 2.75) is 6.42 Å². The van der Waals surface area contributed by atoms with Crippen LogP contribution in [0.1, 0.15) is 5.56 Å². The van der Waals surface area contributed by atoms with Gasteiger partial charge in [-0.3, -0.25) is 0 Å². The van der Waals surface area contributed by atoms with Crippen LogP contribution in [0.5, 0.6) is 17.2 Å². The lowest BCUT2D eigenvalue weighted by Gasteiger charge is -2.13. The highest BCUT2D eigenvalue weighted by Gasteiger charge is 2.09. The van der Waals surface area contributed by atoms with E-state index in [0.29, 0.717) is 0 Å². The van der Waals surface area contributed by atoms with Gasteiger partial charge in [-0.15, -0.1) is 0 Å².